The quantitative estimate of drug-likeness (QED) is 0.776. The van der Waals surface area contributed by atoms with E-state index in [1.807, 2.05) is 16.8 Å². The second kappa shape index (κ2) is 7.83. The van der Waals surface area contributed by atoms with Gasteiger partial charge in [-0.05, 0) is 44.0 Å². The number of hydrogen-bond donors (Lipinski definition) is 1. The van der Waals surface area contributed by atoms with Gasteiger partial charge in [-0.3, -0.25) is 4.68 Å². The molecule has 1 N–H and O–H groups in total. The third-order valence-corrected chi connectivity index (χ3v) is 4.18. The van der Waals surface area contributed by atoms with E-state index in [2.05, 4.69) is 36.4 Å². The van der Waals surface area contributed by atoms with Crippen LogP contribution in [0.25, 0.3) is 0 Å². The highest BCUT2D eigenvalue weighted by Gasteiger charge is 2.13. The molecule has 5 heteroatoms. The number of hydrogen-bond acceptors (Lipinski definition) is 2. The van der Waals surface area contributed by atoms with Crippen LogP contribution in [0.2, 0.25) is 10.0 Å². The number of rotatable bonds is 7. The topological polar surface area (TPSA) is 29.9 Å². The molecule has 0 saturated heterocycles. The van der Waals surface area contributed by atoms with Gasteiger partial charge in [0.2, 0.25) is 0 Å². The molecular formula is C16H21Cl2N3. The molecule has 1 aromatic carbocycles. The fourth-order valence-corrected chi connectivity index (χ4v) is 2.74. The Bertz CT molecular complexity index is 576. The number of nitrogens with zero attached hydrogens (tertiary/aromatic N) is 2. The molecule has 0 unspecified atom stereocenters. The number of halogens is 2. The number of aryl methyl sites for hydroxylation is 2. The second-order valence-corrected chi connectivity index (χ2v) is 5.74. The molecule has 0 aliphatic carbocycles. The molecule has 0 atom stereocenters. The molecule has 1 heterocycles. The minimum Gasteiger partial charge on any atom is -0.311 e. The van der Waals surface area contributed by atoms with Gasteiger partial charge in [0.05, 0.1) is 16.4 Å². The number of aromatic nitrogens is 2. The molecule has 0 aliphatic heterocycles. The molecule has 2 aromatic rings. The van der Waals surface area contributed by atoms with Gasteiger partial charge in [-0.2, -0.15) is 5.10 Å². The Balaban J connectivity index is 1.88. The predicted octanol–water partition coefficient (Wildman–Crippen LogP) is 4.10. The maximum absolute atomic E-state index is 6.38. The van der Waals surface area contributed by atoms with Crippen molar-refractivity contribution >= 4 is 23.2 Å². The maximum atomic E-state index is 6.38. The van der Waals surface area contributed by atoms with Crippen molar-refractivity contribution in [2.75, 3.05) is 6.54 Å². The molecule has 0 bridgehead atoms. The summed E-state index contributed by atoms with van der Waals surface area (Å²) in [6.07, 6.45) is 1.83. The lowest BCUT2D eigenvalue weighted by Gasteiger charge is -2.07. The molecule has 1 aromatic heterocycles. The highest BCUT2D eigenvalue weighted by molar-refractivity contribution is 6.32. The summed E-state index contributed by atoms with van der Waals surface area (Å²) in [7, 11) is 0. The van der Waals surface area contributed by atoms with Crippen LogP contribution in [-0.2, 0) is 25.9 Å². The Morgan fingerprint density at radius 1 is 1.14 bits per heavy atom. The first-order valence-corrected chi connectivity index (χ1v) is 8.10. The van der Waals surface area contributed by atoms with E-state index < -0.39 is 0 Å². The minimum absolute atomic E-state index is 0.743. The van der Waals surface area contributed by atoms with Crippen LogP contribution in [0.4, 0.5) is 0 Å². The number of nitrogens with one attached hydrogen (secondary N) is 1. The molecule has 21 heavy (non-hydrogen) atoms. The van der Waals surface area contributed by atoms with Crippen LogP contribution in [0.15, 0.2) is 24.3 Å². The Morgan fingerprint density at radius 2 is 1.86 bits per heavy atom. The molecular weight excluding hydrogens is 305 g/mol. The van der Waals surface area contributed by atoms with E-state index in [0.29, 0.717) is 0 Å². The molecule has 0 saturated carbocycles. The van der Waals surface area contributed by atoms with Gasteiger partial charge in [-0.25, -0.2) is 0 Å². The van der Waals surface area contributed by atoms with Crippen molar-refractivity contribution in [3.05, 3.63) is 51.3 Å². The van der Waals surface area contributed by atoms with Gasteiger partial charge in [-0.1, -0.05) is 42.3 Å². The van der Waals surface area contributed by atoms with Crippen molar-refractivity contribution in [1.29, 1.82) is 0 Å². The molecule has 0 spiro atoms. The lowest BCUT2D eigenvalue weighted by atomic mass is 10.1. The average molecular weight is 326 g/mol. The van der Waals surface area contributed by atoms with Gasteiger partial charge in [-0.15, -0.1) is 0 Å². The Morgan fingerprint density at radius 3 is 2.48 bits per heavy atom. The second-order valence-electron chi connectivity index (χ2n) is 4.93. The fourth-order valence-electron chi connectivity index (χ4n) is 2.28. The zero-order valence-electron chi connectivity index (χ0n) is 12.5. The highest BCUT2D eigenvalue weighted by atomic mass is 35.5. The van der Waals surface area contributed by atoms with Crippen LogP contribution in [0.3, 0.4) is 0 Å². The van der Waals surface area contributed by atoms with Gasteiger partial charge < -0.3 is 5.32 Å². The van der Waals surface area contributed by atoms with E-state index in [0.717, 1.165) is 53.9 Å². The fraction of sp³-hybridized carbons (Fsp3) is 0.438. The van der Waals surface area contributed by atoms with Crippen molar-refractivity contribution in [1.82, 2.24) is 15.1 Å². The minimum atomic E-state index is 0.743. The highest BCUT2D eigenvalue weighted by Crippen LogP contribution is 2.21. The van der Waals surface area contributed by atoms with Crippen LogP contribution in [-0.4, -0.2) is 16.3 Å². The summed E-state index contributed by atoms with van der Waals surface area (Å²) in [5.74, 6) is 0. The van der Waals surface area contributed by atoms with Crippen molar-refractivity contribution in [3.8, 4) is 0 Å². The molecule has 0 aliphatic rings. The molecule has 0 fully saturated rings. The Kier molecular flexibility index (Phi) is 6.09. The third-order valence-electron chi connectivity index (χ3n) is 3.49. The zero-order valence-corrected chi connectivity index (χ0v) is 14.0. The summed E-state index contributed by atoms with van der Waals surface area (Å²) in [6, 6.07) is 7.96. The molecule has 0 amide bonds. The Hall–Kier alpha value is -1.03. The largest absolute Gasteiger partial charge is 0.311 e. The van der Waals surface area contributed by atoms with Crippen molar-refractivity contribution in [3.63, 3.8) is 0 Å². The van der Waals surface area contributed by atoms with Crippen LogP contribution in [0, 0.1) is 0 Å². The zero-order chi connectivity index (χ0) is 15.2. The lowest BCUT2D eigenvalue weighted by Crippen LogP contribution is -2.19. The van der Waals surface area contributed by atoms with Crippen LogP contribution >= 0.6 is 23.2 Å². The van der Waals surface area contributed by atoms with E-state index in [1.54, 1.807) is 0 Å². The molecule has 2 rings (SSSR count). The monoisotopic (exact) mass is 325 g/mol. The van der Waals surface area contributed by atoms with Gasteiger partial charge in [0.1, 0.15) is 0 Å². The summed E-state index contributed by atoms with van der Waals surface area (Å²) >= 11 is 12.3. The van der Waals surface area contributed by atoms with E-state index in [-0.39, 0.29) is 0 Å². The van der Waals surface area contributed by atoms with Crippen LogP contribution < -0.4 is 5.32 Å². The van der Waals surface area contributed by atoms with E-state index >= 15 is 0 Å². The van der Waals surface area contributed by atoms with Gasteiger partial charge in [0, 0.05) is 18.1 Å². The summed E-state index contributed by atoms with van der Waals surface area (Å²) in [5, 5.41) is 9.54. The summed E-state index contributed by atoms with van der Waals surface area (Å²) < 4.78 is 1.98. The van der Waals surface area contributed by atoms with Gasteiger partial charge in [0.25, 0.3) is 0 Å². The van der Waals surface area contributed by atoms with E-state index in [4.69, 9.17) is 23.2 Å². The van der Waals surface area contributed by atoms with Crippen molar-refractivity contribution in [2.45, 2.75) is 39.8 Å². The first kappa shape index (κ1) is 16.3. The van der Waals surface area contributed by atoms with Crippen LogP contribution in [0.1, 0.15) is 30.8 Å². The summed E-state index contributed by atoms with van der Waals surface area (Å²) in [5.41, 5.74) is 3.33. The Labute approximate surface area is 136 Å². The van der Waals surface area contributed by atoms with Gasteiger partial charge >= 0.3 is 0 Å². The smallest absolute Gasteiger partial charge is 0.0863 e. The summed E-state index contributed by atoms with van der Waals surface area (Å²) in [4.78, 5) is 0. The standard InChI is InChI=1S/C16H21Cl2N3/c1-3-14-16(18)15(21(4-2)20-14)11-19-10-9-12-5-7-13(17)8-6-12/h5-8,19H,3-4,9-11H2,1-2H3. The van der Waals surface area contributed by atoms with Gasteiger partial charge in [0.15, 0.2) is 0 Å². The maximum Gasteiger partial charge on any atom is 0.0863 e. The lowest BCUT2D eigenvalue weighted by molar-refractivity contribution is 0.578. The predicted molar refractivity (Wildman–Crippen MR) is 89.2 cm³/mol. The van der Waals surface area contributed by atoms with Crippen molar-refractivity contribution < 1.29 is 0 Å². The third kappa shape index (κ3) is 4.22. The first-order valence-electron chi connectivity index (χ1n) is 7.34. The summed E-state index contributed by atoms with van der Waals surface area (Å²) in [6.45, 7) is 6.64. The van der Waals surface area contributed by atoms with E-state index in [9.17, 15) is 0 Å². The molecule has 114 valence electrons. The normalized spacial score (nSPS) is 11.0. The molecule has 0 radical (unpaired) electrons. The van der Waals surface area contributed by atoms with Crippen molar-refractivity contribution in [2.24, 2.45) is 0 Å². The first-order chi connectivity index (χ1) is 10.2. The SMILES string of the molecule is CCc1nn(CC)c(CNCCc2ccc(Cl)cc2)c1Cl. The molecule has 3 nitrogen and oxygen atoms in total. The average Bonchev–Trinajstić information content (AvgIpc) is 2.81. The number of benzene rings is 1. The van der Waals surface area contributed by atoms with Crippen LogP contribution in [0.5, 0.6) is 0 Å². The van der Waals surface area contributed by atoms with E-state index in [1.165, 1.54) is 5.56 Å².